The molecule has 0 fully saturated rings. The molecule has 0 aliphatic carbocycles. The van der Waals surface area contributed by atoms with Crippen LogP contribution in [0.1, 0.15) is 5.56 Å². The van der Waals surface area contributed by atoms with Crippen molar-refractivity contribution in [2.75, 3.05) is 4.72 Å². The number of rotatable bonds is 3. The minimum absolute atomic E-state index is 0.00175. The molecule has 8 heteroatoms. The lowest BCUT2D eigenvalue weighted by Gasteiger charge is -2.06. The second-order valence-electron chi connectivity index (χ2n) is 3.20. The third-order valence-corrected chi connectivity index (χ3v) is 4.64. The quantitative estimate of drug-likeness (QED) is 0.943. The van der Waals surface area contributed by atoms with Crippen molar-refractivity contribution in [2.24, 2.45) is 0 Å². The summed E-state index contributed by atoms with van der Waals surface area (Å²) in [6.07, 6.45) is 1.49. The Morgan fingerprint density at radius 1 is 1.44 bits per heavy atom. The first-order chi connectivity index (χ1) is 8.53. The molecule has 92 valence electrons. The van der Waals surface area contributed by atoms with E-state index in [1.54, 1.807) is 5.38 Å². The zero-order chi connectivity index (χ0) is 13.2. The molecule has 1 aromatic heterocycles. The maximum atomic E-state index is 12.0. The number of hydrogen-bond acceptors (Lipinski definition) is 5. The van der Waals surface area contributed by atoms with Crippen molar-refractivity contribution >= 4 is 38.1 Å². The summed E-state index contributed by atoms with van der Waals surface area (Å²) in [6.45, 7) is 0. The van der Waals surface area contributed by atoms with Crippen molar-refractivity contribution in [3.63, 3.8) is 0 Å². The highest BCUT2D eigenvalue weighted by molar-refractivity contribution is 7.93. The first-order valence-corrected chi connectivity index (χ1v) is 7.39. The highest BCUT2D eigenvalue weighted by atomic mass is 35.5. The SMILES string of the molecule is N#Cc1ccc(S(=O)(=O)Nc2nccs2)c(Cl)c1. The van der Waals surface area contributed by atoms with Gasteiger partial charge in [-0.05, 0) is 18.2 Å². The van der Waals surface area contributed by atoms with Crippen LogP contribution in [0.15, 0.2) is 34.7 Å². The molecule has 1 N–H and O–H groups in total. The molecule has 0 bridgehead atoms. The van der Waals surface area contributed by atoms with Crippen molar-refractivity contribution in [2.45, 2.75) is 4.90 Å². The minimum Gasteiger partial charge on any atom is -0.255 e. The molecule has 0 aliphatic heterocycles. The van der Waals surface area contributed by atoms with Crippen LogP contribution in [0.4, 0.5) is 5.13 Å². The van der Waals surface area contributed by atoms with Crippen LogP contribution < -0.4 is 4.72 Å². The molecule has 1 aromatic carbocycles. The number of nitriles is 1. The largest absolute Gasteiger partial charge is 0.265 e. The van der Waals surface area contributed by atoms with Crippen LogP contribution in [0.5, 0.6) is 0 Å². The van der Waals surface area contributed by atoms with Gasteiger partial charge in [0, 0.05) is 11.6 Å². The van der Waals surface area contributed by atoms with Gasteiger partial charge in [-0.2, -0.15) is 5.26 Å². The molecule has 0 atom stereocenters. The van der Waals surface area contributed by atoms with E-state index in [9.17, 15) is 8.42 Å². The summed E-state index contributed by atoms with van der Waals surface area (Å²) in [6, 6.07) is 5.87. The molecule has 5 nitrogen and oxygen atoms in total. The number of nitrogens with zero attached hydrogens (tertiary/aromatic N) is 2. The molecule has 1 heterocycles. The van der Waals surface area contributed by atoms with E-state index in [0.717, 1.165) is 11.3 Å². The van der Waals surface area contributed by atoms with Crippen molar-refractivity contribution in [1.29, 1.82) is 5.26 Å². The number of benzene rings is 1. The monoisotopic (exact) mass is 299 g/mol. The zero-order valence-electron chi connectivity index (χ0n) is 8.79. The first-order valence-electron chi connectivity index (χ1n) is 4.65. The Morgan fingerprint density at radius 2 is 2.22 bits per heavy atom. The van der Waals surface area contributed by atoms with Crippen LogP contribution in [0.3, 0.4) is 0 Å². The molecule has 2 aromatic rings. The van der Waals surface area contributed by atoms with E-state index in [1.807, 2.05) is 6.07 Å². The molecule has 0 radical (unpaired) electrons. The van der Waals surface area contributed by atoms with Gasteiger partial charge in [-0.3, -0.25) is 4.72 Å². The Kier molecular flexibility index (Phi) is 3.52. The second-order valence-corrected chi connectivity index (χ2v) is 6.15. The third-order valence-electron chi connectivity index (χ3n) is 2.00. The molecule has 18 heavy (non-hydrogen) atoms. The second kappa shape index (κ2) is 4.94. The van der Waals surface area contributed by atoms with Gasteiger partial charge in [0.15, 0.2) is 5.13 Å². The minimum atomic E-state index is -3.78. The van der Waals surface area contributed by atoms with Gasteiger partial charge in [0.25, 0.3) is 10.0 Å². The van der Waals surface area contributed by atoms with E-state index in [2.05, 4.69) is 9.71 Å². The lowest BCUT2D eigenvalue weighted by molar-refractivity contribution is 0.601. The van der Waals surface area contributed by atoms with Crippen LogP contribution in [0, 0.1) is 11.3 Å². The summed E-state index contributed by atoms with van der Waals surface area (Å²) >= 11 is 7.01. The fourth-order valence-corrected chi connectivity index (χ4v) is 3.57. The average molecular weight is 300 g/mol. The van der Waals surface area contributed by atoms with E-state index >= 15 is 0 Å². The summed E-state index contributed by atoms with van der Waals surface area (Å²) in [4.78, 5) is 3.74. The molecule has 2 rings (SSSR count). The molecule has 0 aliphatic rings. The van der Waals surface area contributed by atoms with Gasteiger partial charge in [0.1, 0.15) is 4.90 Å². The highest BCUT2D eigenvalue weighted by Gasteiger charge is 2.19. The molecular weight excluding hydrogens is 294 g/mol. The Labute approximate surface area is 113 Å². The third kappa shape index (κ3) is 2.61. The zero-order valence-corrected chi connectivity index (χ0v) is 11.2. The molecule has 0 amide bonds. The van der Waals surface area contributed by atoms with Gasteiger partial charge >= 0.3 is 0 Å². The number of anilines is 1. The Morgan fingerprint density at radius 3 is 2.78 bits per heavy atom. The van der Waals surface area contributed by atoms with Crippen LogP contribution in [-0.4, -0.2) is 13.4 Å². The topological polar surface area (TPSA) is 82.8 Å². The summed E-state index contributed by atoms with van der Waals surface area (Å²) in [5.74, 6) is 0. The summed E-state index contributed by atoms with van der Waals surface area (Å²) < 4.78 is 26.3. The lowest BCUT2D eigenvalue weighted by Crippen LogP contribution is -2.13. The lowest BCUT2D eigenvalue weighted by atomic mass is 10.2. The number of aromatic nitrogens is 1. The fraction of sp³-hybridized carbons (Fsp3) is 0. The van der Waals surface area contributed by atoms with E-state index in [0.29, 0.717) is 5.56 Å². The van der Waals surface area contributed by atoms with Gasteiger partial charge < -0.3 is 0 Å². The smallest absolute Gasteiger partial charge is 0.255 e. The van der Waals surface area contributed by atoms with E-state index < -0.39 is 10.0 Å². The van der Waals surface area contributed by atoms with Crippen molar-refractivity contribution in [3.05, 3.63) is 40.4 Å². The summed E-state index contributed by atoms with van der Waals surface area (Å²) in [7, 11) is -3.78. The Hall–Kier alpha value is -1.62. The number of thiazole rings is 1. The molecule has 0 spiro atoms. The van der Waals surface area contributed by atoms with Gasteiger partial charge in [-0.1, -0.05) is 11.6 Å². The fourth-order valence-electron chi connectivity index (χ4n) is 1.23. The van der Waals surface area contributed by atoms with E-state index in [1.165, 1.54) is 24.4 Å². The maximum Gasteiger partial charge on any atom is 0.265 e. The Bertz CT molecular complexity index is 705. The molecular formula is C10H6ClN3O2S2. The predicted octanol–water partition coefficient (Wildman–Crippen LogP) is 2.47. The summed E-state index contributed by atoms with van der Waals surface area (Å²) in [5, 5.41) is 10.6. The van der Waals surface area contributed by atoms with Crippen molar-refractivity contribution < 1.29 is 8.42 Å². The van der Waals surface area contributed by atoms with E-state index in [4.69, 9.17) is 16.9 Å². The van der Waals surface area contributed by atoms with E-state index in [-0.39, 0.29) is 15.0 Å². The summed E-state index contributed by atoms with van der Waals surface area (Å²) in [5.41, 5.74) is 0.299. The predicted molar refractivity (Wildman–Crippen MR) is 69.1 cm³/mol. The number of nitrogens with one attached hydrogen (secondary N) is 1. The molecule has 0 saturated heterocycles. The average Bonchev–Trinajstić information content (AvgIpc) is 2.80. The number of hydrogen-bond donors (Lipinski definition) is 1. The maximum absolute atomic E-state index is 12.0. The molecule has 0 saturated carbocycles. The van der Waals surface area contributed by atoms with Crippen LogP contribution in [0.25, 0.3) is 0 Å². The Balaban J connectivity index is 2.39. The highest BCUT2D eigenvalue weighted by Crippen LogP contribution is 2.25. The first kappa shape index (κ1) is 12.8. The van der Waals surface area contributed by atoms with Gasteiger partial charge in [-0.15, -0.1) is 11.3 Å². The van der Waals surface area contributed by atoms with Crippen LogP contribution >= 0.6 is 22.9 Å². The van der Waals surface area contributed by atoms with Gasteiger partial charge in [-0.25, -0.2) is 13.4 Å². The number of halogens is 1. The number of sulfonamides is 1. The van der Waals surface area contributed by atoms with Gasteiger partial charge in [0.2, 0.25) is 0 Å². The van der Waals surface area contributed by atoms with Crippen molar-refractivity contribution in [1.82, 2.24) is 4.98 Å². The standard InChI is InChI=1S/C10H6ClN3O2S2/c11-8-5-7(6-12)1-2-9(8)18(15,16)14-10-13-3-4-17-10/h1-5H,(H,13,14). The molecule has 0 unspecified atom stereocenters. The normalized spacial score (nSPS) is 10.9. The van der Waals surface area contributed by atoms with Crippen molar-refractivity contribution in [3.8, 4) is 6.07 Å². The van der Waals surface area contributed by atoms with Gasteiger partial charge in [0.05, 0.1) is 16.7 Å². The van der Waals surface area contributed by atoms with Crippen LogP contribution in [-0.2, 0) is 10.0 Å². The van der Waals surface area contributed by atoms with Crippen LogP contribution in [0.2, 0.25) is 5.02 Å².